The molecule has 1 saturated heterocycles. The van der Waals surface area contributed by atoms with Crippen molar-refractivity contribution in [1.29, 1.82) is 0 Å². The lowest BCUT2D eigenvalue weighted by atomic mass is 9.99. The average molecular weight is 405 g/mol. The van der Waals surface area contributed by atoms with Crippen LogP contribution in [-0.4, -0.2) is 57.3 Å². The molecule has 1 aromatic rings. The summed E-state index contributed by atoms with van der Waals surface area (Å²) in [6.45, 7) is 2.15. The predicted octanol–water partition coefficient (Wildman–Crippen LogP) is 3.56. The summed E-state index contributed by atoms with van der Waals surface area (Å²) in [4.78, 5) is 15.4. The molecule has 0 aromatic heterocycles. The van der Waals surface area contributed by atoms with Crippen LogP contribution in [-0.2, 0) is 11.2 Å². The number of rotatable bonds is 7. The van der Waals surface area contributed by atoms with Crippen molar-refractivity contribution in [2.24, 2.45) is 0 Å². The van der Waals surface area contributed by atoms with Gasteiger partial charge in [0.1, 0.15) is 0 Å². The maximum Gasteiger partial charge on any atom is 0.224 e. The number of hydrogen-bond acceptors (Lipinski definition) is 5. The van der Waals surface area contributed by atoms with E-state index in [2.05, 4.69) is 10.2 Å². The van der Waals surface area contributed by atoms with Gasteiger partial charge in [-0.05, 0) is 49.9 Å². The molecule has 1 saturated carbocycles. The zero-order valence-electron chi connectivity index (χ0n) is 18.2. The van der Waals surface area contributed by atoms with Gasteiger partial charge in [-0.15, -0.1) is 0 Å². The van der Waals surface area contributed by atoms with E-state index in [0.29, 0.717) is 29.7 Å². The SMILES string of the molecule is COc1cc(CC(=O)N[C@H]2CCCN(C3CCCCCC3)C2)cc(OC)c1OC. The Labute approximate surface area is 174 Å². The Bertz CT molecular complexity index is 646. The summed E-state index contributed by atoms with van der Waals surface area (Å²) in [7, 11) is 4.76. The molecule has 0 spiro atoms. The molecule has 1 aliphatic heterocycles. The second kappa shape index (κ2) is 10.7. The molecule has 0 radical (unpaired) electrons. The van der Waals surface area contributed by atoms with Crippen molar-refractivity contribution in [2.75, 3.05) is 34.4 Å². The Kier molecular flexibility index (Phi) is 8.04. The van der Waals surface area contributed by atoms with E-state index in [4.69, 9.17) is 14.2 Å². The molecule has 29 heavy (non-hydrogen) atoms. The molecule has 1 amide bonds. The molecule has 2 fully saturated rings. The minimum absolute atomic E-state index is 0.0481. The van der Waals surface area contributed by atoms with Crippen LogP contribution in [0.4, 0.5) is 0 Å². The first-order chi connectivity index (χ1) is 14.1. The summed E-state index contributed by atoms with van der Waals surface area (Å²) in [5.74, 6) is 1.75. The molecular formula is C23H36N2O4. The first kappa shape index (κ1) is 21.8. The van der Waals surface area contributed by atoms with Gasteiger partial charge in [-0.1, -0.05) is 25.7 Å². The van der Waals surface area contributed by atoms with Gasteiger partial charge in [0, 0.05) is 18.6 Å². The van der Waals surface area contributed by atoms with Gasteiger partial charge in [-0.2, -0.15) is 0 Å². The topological polar surface area (TPSA) is 60.0 Å². The number of carbonyl (C=O) groups is 1. The Morgan fingerprint density at radius 1 is 0.966 bits per heavy atom. The third-order valence-electron chi connectivity index (χ3n) is 6.25. The van der Waals surface area contributed by atoms with E-state index in [0.717, 1.165) is 24.9 Å². The minimum atomic E-state index is 0.0481. The number of hydrogen-bond donors (Lipinski definition) is 1. The van der Waals surface area contributed by atoms with Crippen LogP contribution in [0.15, 0.2) is 12.1 Å². The van der Waals surface area contributed by atoms with Gasteiger partial charge in [0.05, 0.1) is 27.8 Å². The standard InChI is InChI=1S/C23H36N2O4/c1-27-20-13-17(14-21(28-2)23(20)29-3)15-22(26)24-18-9-8-12-25(16-18)19-10-6-4-5-7-11-19/h13-14,18-19H,4-12,15-16H2,1-3H3,(H,24,26)/t18-/m0/s1. The highest BCUT2D eigenvalue weighted by molar-refractivity contribution is 5.79. The zero-order chi connectivity index (χ0) is 20.6. The van der Waals surface area contributed by atoms with Gasteiger partial charge in [0.15, 0.2) is 11.5 Å². The number of amides is 1. The van der Waals surface area contributed by atoms with Gasteiger partial charge in [0.25, 0.3) is 0 Å². The van der Waals surface area contributed by atoms with Gasteiger partial charge in [-0.3, -0.25) is 9.69 Å². The van der Waals surface area contributed by atoms with Crippen molar-refractivity contribution < 1.29 is 19.0 Å². The highest BCUT2D eigenvalue weighted by Gasteiger charge is 2.27. The maximum absolute atomic E-state index is 12.7. The lowest BCUT2D eigenvalue weighted by Gasteiger charge is -2.38. The molecule has 0 unspecified atom stereocenters. The maximum atomic E-state index is 12.7. The molecular weight excluding hydrogens is 368 g/mol. The third kappa shape index (κ3) is 5.78. The van der Waals surface area contributed by atoms with Crippen LogP contribution in [0.1, 0.15) is 56.9 Å². The molecule has 6 heteroatoms. The highest BCUT2D eigenvalue weighted by Crippen LogP contribution is 2.38. The summed E-state index contributed by atoms with van der Waals surface area (Å²) < 4.78 is 16.2. The number of likely N-dealkylation sites (tertiary alicyclic amines) is 1. The van der Waals surface area contributed by atoms with Crippen molar-refractivity contribution in [3.63, 3.8) is 0 Å². The molecule has 6 nitrogen and oxygen atoms in total. The lowest BCUT2D eigenvalue weighted by molar-refractivity contribution is -0.121. The fourth-order valence-corrected chi connectivity index (χ4v) is 4.78. The molecule has 2 aliphatic rings. The molecule has 1 atom stereocenters. The van der Waals surface area contributed by atoms with Crippen LogP contribution in [0.2, 0.25) is 0 Å². The van der Waals surface area contributed by atoms with Crippen LogP contribution in [0.25, 0.3) is 0 Å². The number of methoxy groups -OCH3 is 3. The van der Waals surface area contributed by atoms with Crippen molar-refractivity contribution in [3.05, 3.63) is 17.7 Å². The number of carbonyl (C=O) groups excluding carboxylic acids is 1. The van der Waals surface area contributed by atoms with E-state index in [1.165, 1.54) is 45.1 Å². The average Bonchev–Trinajstić information content (AvgIpc) is 3.02. The largest absolute Gasteiger partial charge is 0.493 e. The van der Waals surface area contributed by atoms with Crippen molar-refractivity contribution in [3.8, 4) is 17.2 Å². The Morgan fingerprint density at radius 2 is 1.62 bits per heavy atom. The van der Waals surface area contributed by atoms with Gasteiger partial charge in [0.2, 0.25) is 11.7 Å². The quantitative estimate of drug-likeness (QED) is 0.704. The fraction of sp³-hybridized carbons (Fsp3) is 0.696. The summed E-state index contributed by atoms with van der Waals surface area (Å²) in [6.07, 6.45) is 10.6. The van der Waals surface area contributed by atoms with E-state index in [9.17, 15) is 4.79 Å². The number of piperidine rings is 1. The van der Waals surface area contributed by atoms with Crippen molar-refractivity contribution >= 4 is 5.91 Å². The second-order valence-corrected chi connectivity index (χ2v) is 8.26. The number of benzene rings is 1. The van der Waals surface area contributed by atoms with Crippen LogP contribution in [0.5, 0.6) is 17.2 Å². The first-order valence-electron chi connectivity index (χ1n) is 11.0. The zero-order valence-corrected chi connectivity index (χ0v) is 18.2. The number of nitrogens with one attached hydrogen (secondary N) is 1. The van der Waals surface area contributed by atoms with E-state index >= 15 is 0 Å². The molecule has 1 heterocycles. The minimum Gasteiger partial charge on any atom is -0.493 e. The summed E-state index contributed by atoms with van der Waals surface area (Å²) >= 11 is 0. The van der Waals surface area contributed by atoms with Gasteiger partial charge < -0.3 is 19.5 Å². The normalized spacial score (nSPS) is 21.3. The van der Waals surface area contributed by atoms with E-state index in [1.807, 2.05) is 12.1 Å². The Balaban J connectivity index is 1.58. The van der Waals surface area contributed by atoms with Crippen LogP contribution in [0.3, 0.4) is 0 Å². The van der Waals surface area contributed by atoms with Gasteiger partial charge in [-0.25, -0.2) is 0 Å². The highest BCUT2D eigenvalue weighted by atomic mass is 16.5. The molecule has 0 bridgehead atoms. The van der Waals surface area contributed by atoms with E-state index in [1.54, 1.807) is 21.3 Å². The lowest BCUT2D eigenvalue weighted by Crippen LogP contribution is -2.51. The monoisotopic (exact) mass is 404 g/mol. The van der Waals surface area contributed by atoms with E-state index in [-0.39, 0.29) is 11.9 Å². The third-order valence-corrected chi connectivity index (χ3v) is 6.25. The van der Waals surface area contributed by atoms with Crippen LogP contribution < -0.4 is 19.5 Å². The van der Waals surface area contributed by atoms with Crippen molar-refractivity contribution in [1.82, 2.24) is 10.2 Å². The van der Waals surface area contributed by atoms with E-state index < -0.39 is 0 Å². The summed E-state index contributed by atoms with van der Waals surface area (Å²) in [5, 5.41) is 3.26. The van der Waals surface area contributed by atoms with Gasteiger partial charge >= 0.3 is 0 Å². The molecule has 1 aromatic carbocycles. The van der Waals surface area contributed by atoms with Crippen LogP contribution in [0, 0.1) is 0 Å². The molecule has 1 N–H and O–H groups in total. The van der Waals surface area contributed by atoms with Crippen LogP contribution >= 0.6 is 0 Å². The second-order valence-electron chi connectivity index (χ2n) is 8.26. The molecule has 1 aliphatic carbocycles. The molecule has 162 valence electrons. The molecule has 3 rings (SSSR count). The summed E-state index contributed by atoms with van der Waals surface area (Å²) in [5.41, 5.74) is 0.855. The first-order valence-corrected chi connectivity index (χ1v) is 11.0. The summed E-state index contributed by atoms with van der Waals surface area (Å²) in [6, 6.07) is 4.63. The number of ether oxygens (including phenoxy) is 3. The predicted molar refractivity (Wildman–Crippen MR) is 114 cm³/mol. The number of nitrogens with zero attached hydrogens (tertiary/aromatic N) is 1. The van der Waals surface area contributed by atoms with Crippen molar-refractivity contribution in [2.45, 2.75) is 69.9 Å². The smallest absolute Gasteiger partial charge is 0.224 e. The Hall–Kier alpha value is -1.95. The fourth-order valence-electron chi connectivity index (χ4n) is 4.78. The Morgan fingerprint density at radius 3 is 2.21 bits per heavy atom.